The number of nitrogens with zero attached hydrogens (tertiary/aromatic N) is 3. The molecular formula is C23H31N3O5S2. The van der Waals surface area contributed by atoms with Gasteiger partial charge in [-0.15, -0.1) is 0 Å². The van der Waals surface area contributed by atoms with E-state index in [0.717, 1.165) is 17.5 Å². The van der Waals surface area contributed by atoms with E-state index in [1.807, 2.05) is 43.3 Å². The molecule has 3 heterocycles. The molecule has 4 rings (SSSR count). The molecule has 0 spiro atoms. The first-order chi connectivity index (χ1) is 15.6. The van der Waals surface area contributed by atoms with E-state index in [-0.39, 0.29) is 18.7 Å². The minimum atomic E-state index is -3.49. The van der Waals surface area contributed by atoms with Crippen LogP contribution in [0.3, 0.4) is 0 Å². The molecule has 1 aromatic carbocycles. The summed E-state index contributed by atoms with van der Waals surface area (Å²) >= 11 is 0. The van der Waals surface area contributed by atoms with E-state index < -0.39 is 25.3 Å². The number of rotatable bonds is 6. The van der Waals surface area contributed by atoms with Crippen LogP contribution in [0.2, 0.25) is 0 Å². The number of sulfonamides is 2. The molecule has 0 amide bonds. The Morgan fingerprint density at radius 2 is 1.73 bits per heavy atom. The van der Waals surface area contributed by atoms with E-state index in [1.165, 1.54) is 10.6 Å². The Balaban J connectivity index is 1.40. The smallest absolute Gasteiger partial charge is 0.221 e. The molecule has 33 heavy (non-hydrogen) atoms. The van der Waals surface area contributed by atoms with Crippen molar-refractivity contribution in [3.05, 3.63) is 59.8 Å². The summed E-state index contributed by atoms with van der Waals surface area (Å²) in [4.78, 5) is 4.38. The van der Waals surface area contributed by atoms with Crippen molar-refractivity contribution in [2.24, 2.45) is 0 Å². The molecule has 0 N–H and O–H groups in total. The first-order valence-corrected chi connectivity index (χ1v) is 14.6. The predicted molar refractivity (Wildman–Crippen MR) is 127 cm³/mol. The van der Waals surface area contributed by atoms with Gasteiger partial charge in [-0.05, 0) is 43.7 Å². The molecule has 180 valence electrons. The second-order valence-corrected chi connectivity index (χ2v) is 13.0. The molecule has 0 radical (unpaired) electrons. The molecular weight excluding hydrogens is 462 g/mol. The molecule has 1 unspecified atom stereocenters. The van der Waals surface area contributed by atoms with Gasteiger partial charge in [-0.25, -0.2) is 26.1 Å². The highest BCUT2D eigenvalue weighted by Crippen LogP contribution is 2.38. The summed E-state index contributed by atoms with van der Waals surface area (Å²) in [5.74, 6) is 0.466. The fourth-order valence-corrected chi connectivity index (χ4v) is 7.63. The fourth-order valence-electron chi connectivity index (χ4n) is 4.56. The largest absolute Gasteiger partial charge is 0.474 e. The van der Waals surface area contributed by atoms with Crippen molar-refractivity contribution in [1.82, 2.24) is 13.6 Å². The Morgan fingerprint density at radius 1 is 1.03 bits per heavy atom. The Morgan fingerprint density at radius 3 is 2.33 bits per heavy atom. The molecule has 2 aliphatic rings. The molecule has 1 aromatic heterocycles. The summed E-state index contributed by atoms with van der Waals surface area (Å²) in [6, 6.07) is 12.9. The second kappa shape index (κ2) is 9.69. The van der Waals surface area contributed by atoms with Gasteiger partial charge < -0.3 is 4.74 Å². The third-order valence-electron chi connectivity index (χ3n) is 6.49. The number of hydrogen-bond acceptors (Lipinski definition) is 6. The highest BCUT2D eigenvalue weighted by atomic mass is 32.2. The van der Waals surface area contributed by atoms with Crippen molar-refractivity contribution in [3.8, 4) is 5.88 Å². The minimum absolute atomic E-state index is 0.0779. The molecule has 2 atom stereocenters. The van der Waals surface area contributed by atoms with Crippen LogP contribution in [-0.4, -0.2) is 61.9 Å². The second-order valence-electron chi connectivity index (χ2n) is 8.90. The average molecular weight is 494 g/mol. The van der Waals surface area contributed by atoms with E-state index in [9.17, 15) is 16.8 Å². The summed E-state index contributed by atoms with van der Waals surface area (Å²) < 4.78 is 59.1. The Hall–Kier alpha value is -2.01. The van der Waals surface area contributed by atoms with E-state index in [4.69, 9.17) is 4.74 Å². The third kappa shape index (κ3) is 5.56. The first-order valence-electron chi connectivity index (χ1n) is 11.3. The molecule has 10 heteroatoms. The maximum atomic E-state index is 13.4. The molecule has 8 nitrogen and oxygen atoms in total. The minimum Gasteiger partial charge on any atom is -0.474 e. The SMILES string of the molecule is C[C@@H]1CCC(c2ccccc2)S(=O)(=O)N1Cc1ccc(OC2CCN(S(C)(=O)=O)CC2)nc1. The quantitative estimate of drug-likeness (QED) is 0.614. The van der Waals surface area contributed by atoms with Gasteiger partial charge in [0.25, 0.3) is 0 Å². The van der Waals surface area contributed by atoms with Crippen LogP contribution in [0.15, 0.2) is 48.7 Å². The van der Waals surface area contributed by atoms with Gasteiger partial charge in [-0.2, -0.15) is 4.31 Å². The maximum Gasteiger partial charge on any atom is 0.221 e. The van der Waals surface area contributed by atoms with E-state index in [2.05, 4.69) is 4.98 Å². The molecule has 0 saturated carbocycles. The Bertz CT molecular complexity index is 1150. The molecule has 0 bridgehead atoms. The average Bonchev–Trinajstić information content (AvgIpc) is 2.78. The number of benzene rings is 1. The van der Waals surface area contributed by atoms with Gasteiger partial charge in [0.05, 0.1) is 6.26 Å². The zero-order valence-electron chi connectivity index (χ0n) is 19.0. The lowest BCUT2D eigenvalue weighted by Crippen LogP contribution is -2.44. The molecule has 2 aliphatic heterocycles. The Kier molecular flexibility index (Phi) is 7.09. The standard InChI is InChI=1S/C23H31N3O5S2/c1-18-8-10-22(20-6-4-3-5-7-20)33(29,30)26(18)17-19-9-11-23(24-16-19)31-21-12-14-25(15-13-21)32(2,27)28/h3-7,9,11,16,18,21-22H,8,10,12-15,17H2,1-2H3/t18-,22?/m1/s1. The monoisotopic (exact) mass is 493 g/mol. The van der Waals surface area contributed by atoms with Crippen molar-refractivity contribution in [1.29, 1.82) is 0 Å². The summed E-state index contributed by atoms with van der Waals surface area (Å²) in [6.07, 6.45) is 5.44. The van der Waals surface area contributed by atoms with Crippen molar-refractivity contribution in [2.75, 3.05) is 19.3 Å². The van der Waals surface area contributed by atoms with E-state index in [1.54, 1.807) is 16.6 Å². The summed E-state index contributed by atoms with van der Waals surface area (Å²) in [5.41, 5.74) is 1.64. The molecule has 2 aromatic rings. The zero-order chi connectivity index (χ0) is 23.6. The first kappa shape index (κ1) is 24.1. The van der Waals surface area contributed by atoms with Crippen LogP contribution in [0.4, 0.5) is 0 Å². The van der Waals surface area contributed by atoms with Crippen molar-refractivity contribution in [2.45, 2.75) is 56.5 Å². The molecule has 0 aliphatic carbocycles. The molecule has 2 fully saturated rings. The number of pyridine rings is 1. The molecule has 2 saturated heterocycles. The van der Waals surface area contributed by atoms with Gasteiger partial charge in [-0.3, -0.25) is 0 Å². The normalized spacial score (nSPS) is 25.0. The zero-order valence-corrected chi connectivity index (χ0v) is 20.6. The Labute approximate surface area is 196 Å². The lowest BCUT2D eigenvalue weighted by atomic mass is 10.0. The van der Waals surface area contributed by atoms with Crippen molar-refractivity contribution in [3.63, 3.8) is 0 Å². The van der Waals surface area contributed by atoms with Crippen LogP contribution >= 0.6 is 0 Å². The van der Waals surface area contributed by atoms with Gasteiger partial charge in [0.15, 0.2) is 0 Å². The highest BCUT2D eigenvalue weighted by molar-refractivity contribution is 7.89. The van der Waals surface area contributed by atoms with Crippen LogP contribution in [0.1, 0.15) is 49.0 Å². The van der Waals surface area contributed by atoms with Crippen molar-refractivity contribution < 1.29 is 21.6 Å². The maximum absolute atomic E-state index is 13.4. The summed E-state index contributed by atoms with van der Waals surface area (Å²) in [7, 11) is -6.66. The van der Waals surface area contributed by atoms with E-state index >= 15 is 0 Å². The summed E-state index contributed by atoms with van der Waals surface area (Å²) in [5, 5.41) is -0.525. The predicted octanol–water partition coefficient (Wildman–Crippen LogP) is 2.94. The summed E-state index contributed by atoms with van der Waals surface area (Å²) in [6.45, 7) is 3.10. The lowest BCUT2D eigenvalue weighted by molar-refractivity contribution is 0.130. The number of hydrogen-bond donors (Lipinski definition) is 0. The van der Waals surface area contributed by atoms with Gasteiger partial charge in [-0.1, -0.05) is 36.4 Å². The third-order valence-corrected chi connectivity index (χ3v) is 10.2. The van der Waals surface area contributed by atoms with Crippen molar-refractivity contribution >= 4 is 20.0 Å². The van der Waals surface area contributed by atoms with Gasteiger partial charge in [0, 0.05) is 37.9 Å². The van der Waals surface area contributed by atoms with Crippen LogP contribution in [0, 0.1) is 0 Å². The van der Waals surface area contributed by atoms with Crippen LogP contribution in [0.5, 0.6) is 5.88 Å². The van der Waals surface area contributed by atoms with E-state index in [0.29, 0.717) is 38.2 Å². The number of piperidine rings is 1. The van der Waals surface area contributed by atoms with Gasteiger partial charge >= 0.3 is 0 Å². The van der Waals surface area contributed by atoms with Crippen LogP contribution in [-0.2, 0) is 26.6 Å². The topological polar surface area (TPSA) is 96.9 Å². The number of ether oxygens (including phenoxy) is 1. The highest BCUT2D eigenvalue weighted by Gasteiger charge is 2.40. The number of aromatic nitrogens is 1. The lowest BCUT2D eigenvalue weighted by Gasteiger charge is -2.37. The van der Waals surface area contributed by atoms with Gasteiger partial charge in [0.2, 0.25) is 25.9 Å². The van der Waals surface area contributed by atoms with Crippen LogP contribution in [0.25, 0.3) is 0 Å². The fraction of sp³-hybridized carbons (Fsp3) is 0.522. The van der Waals surface area contributed by atoms with Gasteiger partial charge in [0.1, 0.15) is 11.4 Å². The van der Waals surface area contributed by atoms with Crippen LogP contribution < -0.4 is 4.74 Å².